The Balaban J connectivity index is 1.38. The molecule has 2 aliphatic rings. The summed E-state index contributed by atoms with van der Waals surface area (Å²) >= 11 is 0. The van der Waals surface area contributed by atoms with Crippen molar-refractivity contribution in [2.45, 2.75) is 19.5 Å². The van der Waals surface area contributed by atoms with Crippen molar-refractivity contribution >= 4 is 35.3 Å². The first-order valence-electron chi connectivity index (χ1n) is 9.38. The molecule has 2 amide bonds. The van der Waals surface area contributed by atoms with Crippen molar-refractivity contribution in [3.05, 3.63) is 59.7 Å². The third-order valence-electron chi connectivity index (χ3n) is 4.94. The Morgan fingerprint density at radius 2 is 1.90 bits per heavy atom. The molecule has 2 aromatic carbocycles. The van der Waals surface area contributed by atoms with E-state index in [1.165, 1.54) is 6.34 Å². The molecule has 8 heteroatoms. The molecule has 4 N–H and O–H groups in total. The van der Waals surface area contributed by atoms with Gasteiger partial charge in [0.15, 0.2) is 6.17 Å². The van der Waals surface area contributed by atoms with Gasteiger partial charge in [0.1, 0.15) is 12.2 Å². The molecule has 0 aromatic heterocycles. The molecule has 29 heavy (non-hydrogen) atoms. The maximum absolute atomic E-state index is 12.2. The van der Waals surface area contributed by atoms with Crippen molar-refractivity contribution in [3.8, 4) is 0 Å². The molecule has 0 bridgehead atoms. The molecular formula is C21H23N7O. The number of hydrogen-bond acceptors (Lipinski definition) is 6. The van der Waals surface area contributed by atoms with Gasteiger partial charge in [-0.3, -0.25) is 5.01 Å². The first-order valence-corrected chi connectivity index (χ1v) is 9.38. The lowest BCUT2D eigenvalue weighted by Gasteiger charge is -2.23. The third-order valence-corrected chi connectivity index (χ3v) is 4.94. The molecule has 2 atom stereocenters. The third kappa shape index (κ3) is 4.11. The van der Waals surface area contributed by atoms with Crippen molar-refractivity contribution in [2.24, 2.45) is 26.7 Å². The highest BCUT2D eigenvalue weighted by molar-refractivity contribution is 6.10. The minimum Gasteiger partial charge on any atom is -0.386 e. The number of urea groups is 1. The number of aliphatic imine (C=N–C) groups is 2. The number of fused-ring (bicyclic) bond motifs is 1. The van der Waals surface area contributed by atoms with Crippen molar-refractivity contribution in [1.29, 1.82) is 0 Å². The van der Waals surface area contributed by atoms with Crippen LogP contribution in [0.5, 0.6) is 0 Å². The van der Waals surface area contributed by atoms with Gasteiger partial charge in [-0.05, 0) is 42.3 Å². The Kier molecular flexibility index (Phi) is 4.99. The van der Waals surface area contributed by atoms with Gasteiger partial charge in [0, 0.05) is 24.8 Å². The second-order valence-corrected chi connectivity index (χ2v) is 7.20. The molecule has 148 valence electrons. The van der Waals surface area contributed by atoms with Gasteiger partial charge in [0.25, 0.3) is 0 Å². The van der Waals surface area contributed by atoms with E-state index in [2.05, 4.69) is 25.7 Å². The molecule has 4 rings (SSSR count). The highest BCUT2D eigenvalue weighted by atomic mass is 16.2. The number of benzene rings is 2. The molecule has 2 unspecified atom stereocenters. The standard InChI is InChI=1S/C21H23N7O/c1-13-4-3-5-16(10-13)26-21(29)25-15-8-6-14(7-9-15)11-17-18-19(22)23-12-24-20(18)28(2)27-17/h3-10,12,18,20H,11H2,1-2H3,(H2,22,23,24)(H2,25,26,29). The monoisotopic (exact) mass is 389 g/mol. The van der Waals surface area contributed by atoms with Crippen LogP contribution in [0, 0.1) is 12.8 Å². The normalized spacial score (nSPS) is 20.0. The van der Waals surface area contributed by atoms with Gasteiger partial charge in [0.05, 0.1) is 11.6 Å². The number of hydrogen-bond donors (Lipinski definition) is 3. The summed E-state index contributed by atoms with van der Waals surface area (Å²) in [6, 6.07) is 15.1. The number of carbonyl (C=O) groups excluding carboxylic acids is 1. The maximum Gasteiger partial charge on any atom is 0.323 e. The van der Waals surface area contributed by atoms with E-state index in [4.69, 9.17) is 5.73 Å². The van der Waals surface area contributed by atoms with Crippen LogP contribution in [0.3, 0.4) is 0 Å². The molecule has 0 saturated carbocycles. The van der Waals surface area contributed by atoms with Gasteiger partial charge in [-0.2, -0.15) is 5.10 Å². The van der Waals surface area contributed by atoms with E-state index >= 15 is 0 Å². The van der Waals surface area contributed by atoms with Gasteiger partial charge in [0.2, 0.25) is 0 Å². The number of carbonyl (C=O) groups is 1. The number of nitrogens with one attached hydrogen (secondary N) is 2. The Morgan fingerprint density at radius 3 is 2.66 bits per heavy atom. The number of anilines is 2. The predicted molar refractivity (Wildman–Crippen MR) is 117 cm³/mol. The predicted octanol–water partition coefficient (Wildman–Crippen LogP) is 2.82. The fraction of sp³-hybridized carbons (Fsp3) is 0.238. The summed E-state index contributed by atoms with van der Waals surface area (Å²) in [5, 5.41) is 12.1. The lowest BCUT2D eigenvalue weighted by molar-refractivity contribution is 0.262. The van der Waals surface area contributed by atoms with Gasteiger partial charge in [-0.25, -0.2) is 14.8 Å². The SMILES string of the molecule is Cc1cccc(NC(=O)Nc2ccc(CC3=NN(C)C4N=CN=C(N)C34)cc2)c1. The Labute approximate surface area is 169 Å². The van der Waals surface area contributed by atoms with Gasteiger partial charge >= 0.3 is 6.03 Å². The average Bonchev–Trinajstić information content (AvgIpc) is 3.00. The lowest BCUT2D eigenvalue weighted by Crippen LogP contribution is -2.41. The first kappa shape index (κ1) is 18.7. The molecule has 0 spiro atoms. The summed E-state index contributed by atoms with van der Waals surface area (Å²) in [6.07, 6.45) is 2.02. The van der Waals surface area contributed by atoms with E-state index in [-0.39, 0.29) is 18.1 Å². The Bertz CT molecular complexity index is 1010. The fourth-order valence-corrected chi connectivity index (χ4v) is 3.54. The van der Waals surface area contributed by atoms with Gasteiger partial charge < -0.3 is 16.4 Å². The zero-order valence-corrected chi connectivity index (χ0v) is 16.3. The van der Waals surface area contributed by atoms with E-state index in [0.29, 0.717) is 17.9 Å². The highest BCUT2D eigenvalue weighted by Crippen LogP contribution is 2.26. The molecule has 0 fully saturated rings. The highest BCUT2D eigenvalue weighted by Gasteiger charge is 2.39. The largest absolute Gasteiger partial charge is 0.386 e. The molecular weight excluding hydrogens is 366 g/mol. The first-order chi connectivity index (χ1) is 14.0. The minimum atomic E-state index is -0.281. The number of nitrogens with two attached hydrogens (primary N) is 1. The molecule has 2 aromatic rings. The van der Waals surface area contributed by atoms with Gasteiger partial charge in [-0.15, -0.1) is 0 Å². The number of amidine groups is 1. The van der Waals surface area contributed by atoms with E-state index in [9.17, 15) is 4.79 Å². The maximum atomic E-state index is 12.2. The minimum absolute atomic E-state index is 0.0945. The average molecular weight is 389 g/mol. The second kappa shape index (κ2) is 7.75. The lowest BCUT2D eigenvalue weighted by atomic mass is 9.94. The van der Waals surface area contributed by atoms with E-state index in [0.717, 1.165) is 22.5 Å². The van der Waals surface area contributed by atoms with Crippen LogP contribution >= 0.6 is 0 Å². The number of hydrazone groups is 1. The molecule has 8 nitrogen and oxygen atoms in total. The summed E-state index contributed by atoms with van der Waals surface area (Å²) in [7, 11) is 1.89. The van der Waals surface area contributed by atoms with Crippen molar-refractivity contribution < 1.29 is 4.79 Å². The van der Waals surface area contributed by atoms with Crippen molar-refractivity contribution in [3.63, 3.8) is 0 Å². The second-order valence-electron chi connectivity index (χ2n) is 7.20. The number of rotatable bonds is 4. The summed E-state index contributed by atoms with van der Waals surface area (Å²) in [4.78, 5) is 20.7. The van der Waals surface area contributed by atoms with Crippen LogP contribution in [-0.2, 0) is 6.42 Å². The molecule has 2 aliphatic heterocycles. The van der Waals surface area contributed by atoms with Crippen LogP contribution in [0.15, 0.2) is 63.6 Å². The Morgan fingerprint density at radius 1 is 1.14 bits per heavy atom. The smallest absolute Gasteiger partial charge is 0.323 e. The Hall–Kier alpha value is -3.68. The zero-order chi connectivity index (χ0) is 20.4. The van der Waals surface area contributed by atoms with Crippen molar-refractivity contribution in [2.75, 3.05) is 17.7 Å². The van der Waals surface area contributed by atoms with Crippen LogP contribution in [-0.4, -0.2) is 42.1 Å². The topological polar surface area (TPSA) is 107 Å². The van der Waals surface area contributed by atoms with E-state index in [1.807, 2.05) is 67.5 Å². The van der Waals surface area contributed by atoms with Crippen molar-refractivity contribution in [1.82, 2.24) is 5.01 Å². The number of aryl methyl sites for hydroxylation is 1. The number of nitrogens with zero attached hydrogens (tertiary/aromatic N) is 4. The number of amides is 2. The quantitative estimate of drug-likeness (QED) is 0.748. The van der Waals surface area contributed by atoms with Crippen LogP contribution in [0.4, 0.5) is 16.2 Å². The molecule has 2 heterocycles. The van der Waals surface area contributed by atoms with Crippen LogP contribution < -0.4 is 16.4 Å². The summed E-state index contributed by atoms with van der Waals surface area (Å²) in [5.41, 5.74) is 10.6. The van der Waals surface area contributed by atoms with E-state index in [1.54, 1.807) is 0 Å². The van der Waals surface area contributed by atoms with Gasteiger partial charge in [-0.1, -0.05) is 24.3 Å². The van der Waals surface area contributed by atoms with Crippen LogP contribution in [0.25, 0.3) is 0 Å². The van der Waals surface area contributed by atoms with E-state index < -0.39 is 0 Å². The fourth-order valence-electron chi connectivity index (χ4n) is 3.54. The zero-order valence-electron chi connectivity index (χ0n) is 16.3. The van der Waals surface area contributed by atoms with Crippen LogP contribution in [0.2, 0.25) is 0 Å². The molecule has 0 aliphatic carbocycles. The summed E-state index contributed by atoms with van der Waals surface area (Å²) < 4.78 is 0. The molecule has 0 radical (unpaired) electrons. The summed E-state index contributed by atoms with van der Waals surface area (Å²) in [5.74, 6) is 0.446. The molecule has 0 saturated heterocycles. The summed E-state index contributed by atoms with van der Waals surface area (Å²) in [6.45, 7) is 1.98. The van der Waals surface area contributed by atoms with Crippen LogP contribution in [0.1, 0.15) is 11.1 Å².